The van der Waals surface area contributed by atoms with Crippen molar-refractivity contribution < 1.29 is 4.92 Å². The topological polar surface area (TPSA) is 55.5 Å². The molecule has 0 saturated heterocycles. The third-order valence-corrected chi connectivity index (χ3v) is 2.46. The molecule has 0 radical (unpaired) electrons. The van der Waals surface area contributed by atoms with E-state index in [9.17, 15) is 10.1 Å². The van der Waals surface area contributed by atoms with Gasteiger partial charge in [-0.05, 0) is 23.3 Å². The van der Waals surface area contributed by atoms with Crippen molar-refractivity contribution in [2.75, 3.05) is 0 Å². The number of hydrogen-bond donors (Lipinski definition) is 0. The van der Waals surface area contributed by atoms with Crippen LogP contribution in [0, 0.1) is 10.1 Å². The predicted octanol–water partition coefficient (Wildman–Crippen LogP) is 3.21. The molecule has 0 atom stereocenters. The van der Waals surface area contributed by atoms with Crippen LogP contribution in [-0.2, 0) is 6.54 Å². The second-order valence-electron chi connectivity index (χ2n) is 3.80. The molecule has 2 rings (SSSR count). The van der Waals surface area contributed by atoms with E-state index in [1.165, 1.54) is 12.1 Å². The van der Waals surface area contributed by atoms with Gasteiger partial charge in [0.2, 0.25) is 0 Å². The van der Waals surface area contributed by atoms with Gasteiger partial charge in [0, 0.05) is 18.3 Å². The molecule has 0 unspecified atom stereocenters. The van der Waals surface area contributed by atoms with Crippen LogP contribution < -0.4 is 0 Å². The largest absolute Gasteiger partial charge is 0.288 e. The quantitative estimate of drug-likeness (QED) is 0.468. The first-order valence-corrected chi connectivity index (χ1v) is 5.54. The van der Waals surface area contributed by atoms with Crippen LogP contribution in [0.3, 0.4) is 0 Å². The normalized spacial score (nSPS) is 10.7. The van der Waals surface area contributed by atoms with Crippen molar-refractivity contribution >= 4 is 11.9 Å². The Morgan fingerprint density at radius 1 is 1.06 bits per heavy atom. The maximum absolute atomic E-state index is 10.5. The minimum atomic E-state index is -0.412. The van der Waals surface area contributed by atoms with Gasteiger partial charge in [0.05, 0.1) is 11.5 Å². The third-order valence-electron chi connectivity index (χ3n) is 2.46. The first-order chi connectivity index (χ1) is 8.75. The minimum Gasteiger partial charge on any atom is -0.288 e. The Balaban J connectivity index is 1.99. The number of nitro groups is 1. The van der Waals surface area contributed by atoms with E-state index < -0.39 is 4.92 Å². The lowest BCUT2D eigenvalue weighted by atomic mass is 10.2. The second kappa shape index (κ2) is 5.72. The lowest BCUT2D eigenvalue weighted by molar-refractivity contribution is -0.384. The maximum Gasteiger partial charge on any atom is 0.269 e. The van der Waals surface area contributed by atoms with Gasteiger partial charge >= 0.3 is 0 Å². The molecule has 0 aliphatic carbocycles. The summed E-state index contributed by atoms with van der Waals surface area (Å²) in [7, 11) is 0. The number of nitrogens with zero attached hydrogens (tertiary/aromatic N) is 2. The molecule has 0 heterocycles. The van der Waals surface area contributed by atoms with Gasteiger partial charge in [-0.15, -0.1) is 0 Å². The molecular weight excluding hydrogens is 228 g/mol. The molecule has 2 aromatic rings. The Hall–Kier alpha value is -2.49. The highest BCUT2D eigenvalue weighted by Crippen LogP contribution is 2.10. The Kier molecular flexibility index (Phi) is 3.81. The second-order valence-corrected chi connectivity index (χ2v) is 3.80. The fourth-order valence-electron chi connectivity index (χ4n) is 1.52. The smallest absolute Gasteiger partial charge is 0.269 e. The number of benzene rings is 2. The van der Waals surface area contributed by atoms with Crippen molar-refractivity contribution in [1.29, 1.82) is 0 Å². The highest BCUT2D eigenvalue weighted by Gasteiger charge is 2.02. The van der Waals surface area contributed by atoms with Crippen molar-refractivity contribution in [1.82, 2.24) is 0 Å². The van der Waals surface area contributed by atoms with Gasteiger partial charge in [0.15, 0.2) is 0 Å². The molecule has 18 heavy (non-hydrogen) atoms. The zero-order valence-corrected chi connectivity index (χ0v) is 9.69. The van der Waals surface area contributed by atoms with Crippen LogP contribution in [0.25, 0.3) is 0 Å². The minimum absolute atomic E-state index is 0.0928. The highest BCUT2D eigenvalue weighted by atomic mass is 16.6. The molecular formula is C14H12N2O2. The zero-order valence-electron chi connectivity index (χ0n) is 9.69. The van der Waals surface area contributed by atoms with Crippen molar-refractivity contribution in [3.63, 3.8) is 0 Å². The maximum atomic E-state index is 10.5. The van der Waals surface area contributed by atoms with Crippen LogP contribution in [-0.4, -0.2) is 11.1 Å². The molecule has 0 saturated carbocycles. The number of aliphatic imine (C=N–C) groups is 1. The summed E-state index contributed by atoms with van der Waals surface area (Å²) in [6.45, 7) is 0.609. The average Bonchev–Trinajstić information content (AvgIpc) is 2.40. The molecule has 90 valence electrons. The molecule has 0 aromatic heterocycles. The molecule has 0 fully saturated rings. The Morgan fingerprint density at radius 2 is 1.72 bits per heavy atom. The lowest BCUT2D eigenvalue weighted by Crippen LogP contribution is -1.88. The van der Waals surface area contributed by atoms with E-state index in [0.717, 1.165) is 11.1 Å². The Bertz CT molecular complexity index is 548. The molecule has 4 heteroatoms. The van der Waals surface area contributed by atoms with Crippen LogP contribution >= 0.6 is 0 Å². The molecule has 0 N–H and O–H groups in total. The summed E-state index contributed by atoms with van der Waals surface area (Å²) < 4.78 is 0. The molecule has 0 spiro atoms. The van der Waals surface area contributed by atoms with Crippen LogP contribution in [0.15, 0.2) is 59.6 Å². The van der Waals surface area contributed by atoms with Crippen LogP contribution in [0.5, 0.6) is 0 Å². The van der Waals surface area contributed by atoms with Crippen LogP contribution in [0.4, 0.5) is 5.69 Å². The Labute approximate surface area is 105 Å². The van der Waals surface area contributed by atoms with E-state index in [1.807, 2.05) is 30.3 Å². The molecule has 0 aliphatic rings. The Morgan fingerprint density at radius 3 is 2.33 bits per heavy atom. The van der Waals surface area contributed by atoms with Gasteiger partial charge < -0.3 is 0 Å². The number of non-ortho nitro benzene ring substituents is 1. The highest BCUT2D eigenvalue weighted by molar-refractivity contribution is 5.79. The van der Waals surface area contributed by atoms with Gasteiger partial charge in [0.25, 0.3) is 5.69 Å². The first-order valence-electron chi connectivity index (χ1n) is 5.54. The van der Waals surface area contributed by atoms with Crippen molar-refractivity contribution in [2.24, 2.45) is 4.99 Å². The molecule has 0 bridgehead atoms. The van der Waals surface area contributed by atoms with Crippen molar-refractivity contribution in [3.8, 4) is 0 Å². The van der Waals surface area contributed by atoms with Crippen molar-refractivity contribution in [2.45, 2.75) is 6.54 Å². The third kappa shape index (κ3) is 3.25. The zero-order chi connectivity index (χ0) is 12.8. The summed E-state index contributed by atoms with van der Waals surface area (Å²) >= 11 is 0. The van der Waals surface area contributed by atoms with Crippen molar-refractivity contribution in [3.05, 3.63) is 75.8 Å². The fourth-order valence-corrected chi connectivity index (χ4v) is 1.52. The van der Waals surface area contributed by atoms with Gasteiger partial charge in [-0.1, -0.05) is 30.3 Å². The monoisotopic (exact) mass is 240 g/mol. The van der Waals surface area contributed by atoms with Crippen LogP contribution in [0.2, 0.25) is 0 Å². The van der Waals surface area contributed by atoms with E-state index in [1.54, 1.807) is 18.3 Å². The summed E-state index contributed by atoms with van der Waals surface area (Å²) in [4.78, 5) is 14.4. The molecule has 0 amide bonds. The molecule has 2 aromatic carbocycles. The van der Waals surface area contributed by atoms with E-state index in [2.05, 4.69) is 4.99 Å². The van der Waals surface area contributed by atoms with Crippen LogP contribution in [0.1, 0.15) is 11.1 Å². The van der Waals surface area contributed by atoms with E-state index in [4.69, 9.17) is 0 Å². The summed E-state index contributed by atoms with van der Waals surface area (Å²) in [5, 5.41) is 10.5. The first kappa shape index (κ1) is 12.0. The summed E-state index contributed by atoms with van der Waals surface area (Å²) in [6, 6.07) is 16.2. The van der Waals surface area contributed by atoms with E-state index >= 15 is 0 Å². The number of nitro benzene ring substituents is 1. The number of rotatable bonds is 4. The number of hydrogen-bond acceptors (Lipinski definition) is 3. The summed E-state index contributed by atoms with van der Waals surface area (Å²) in [5.41, 5.74) is 2.09. The molecule has 4 nitrogen and oxygen atoms in total. The van der Waals surface area contributed by atoms with Gasteiger partial charge in [-0.25, -0.2) is 0 Å². The predicted molar refractivity (Wildman–Crippen MR) is 70.8 cm³/mol. The van der Waals surface area contributed by atoms with Gasteiger partial charge in [0.1, 0.15) is 0 Å². The van der Waals surface area contributed by atoms with Gasteiger partial charge in [-0.3, -0.25) is 15.1 Å². The van der Waals surface area contributed by atoms with Gasteiger partial charge in [-0.2, -0.15) is 0 Å². The summed E-state index contributed by atoms with van der Waals surface area (Å²) in [5.74, 6) is 0. The van der Waals surface area contributed by atoms with E-state index in [0.29, 0.717) is 6.54 Å². The lowest BCUT2D eigenvalue weighted by Gasteiger charge is -1.95. The standard InChI is InChI=1S/C14H12N2O2/c17-16(18)14-8-6-13(7-9-14)11-15-10-12-4-2-1-3-5-12/h1-9,11H,10H2/b15-11+. The SMILES string of the molecule is O=[N+]([O-])c1ccc(/C=N/Cc2ccccc2)cc1. The summed E-state index contributed by atoms with van der Waals surface area (Å²) in [6.07, 6.45) is 1.72. The molecule has 0 aliphatic heterocycles. The van der Waals surface area contributed by atoms with E-state index in [-0.39, 0.29) is 5.69 Å². The average molecular weight is 240 g/mol. The fraction of sp³-hybridized carbons (Fsp3) is 0.0714.